The van der Waals surface area contributed by atoms with Crippen LogP contribution in [0.4, 0.5) is 13.2 Å². The summed E-state index contributed by atoms with van der Waals surface area (Å²) in [4.78, 5) is 24.9. The molecule has 1 heterocycles. The molecular formula is C24H25F3N2O6. The highest BCUT2D eigenvalue weighted by Crippen LogP contribution is 2.51. The van der Waals surface area contributed by atoms with Crippen LogP contribution in [0.3, 0.4) is 0 Å². The van der Waals surface area contributed by atoms with Gasteiger partial charge in [-0.25, -0.2) is 10.3 Å². The molecule has 0 bridgehead atoms. The van der Waals surface area contributed by atoms with Gasteiger partial charge >= 0.3 is 12.3 Å². The molecule has 1 aliphatic carbocycles. The van der Waals surface area contributed by atoms with Crippen LogP contribution >= 0.6 is 0 Å². The Morgan fingerprint density at radius 3 is 2.09 bits per heavy atom. The monoisotopic (exact) mass is 494 g/mol. The van der Waals surface area contributed by atoms with Crippen molar-refractivity contribution < 1.29 is 42.2 Å². The third-order valence-electron chi connectivity index (χ3n) is 6.57. The summed E-state index contributed by atoms with van der Waals surface area (Å²) in [6.45, 7) is 1.74. The number of benzene rings is 2. The topological polar surface area (TPSA) is 106 Å². The number of halogens is 3. The Hall–Kier alpha value is -3.31. The van der Waals surface area contributed by atoms with E-state index in [1.54, 1.807) is 17.6 Å². The van der Waals surface area contributed by atoms with Gasteiger partial charge in [0.2, 0.25) is 0 Å². The first kappa shape index (κ1) is 24.8. The summed E-state index contributed by atoms with van der Waals surface area (Å²) >= 11 is 0. The lowest BCUT2D eigenvalue weighted by Crippen LogP contribution is -2.50. The van der Waals surface area contributed by atoms with Gasteiger partial charge < -0.3 is 19.5 Å². The zero-order chi connectivity index (χ0) is 25.1. The van der Waals surface area contributed by atoms with Crippen molar-refractivity contribution in [2.45, 2.75) is 44.1 Å². The van der Waals surface area contributed by atoms with Gasteiger partial charge in [0.15, 0.2) is 5.60 Å². The van der Waals surface area contributed by atoms with Gasteiger partial charge in [0, 0.05) is 6.42 Å². The van der Waals surface area contributed by atoms with E-state index in [4.69, 9.17) is 9.47 Å². The number of hydroxylamine groups is 1. The summed E-state index contributed by atoms with van der Waals surface area (Å²) in [5, 5.41) is 12.7. The summed E-state index contributed by atoms with van der Waals surface area (Å²) in [7, 11) is 0. The van der Waals surface area contributed by atoms with Crippen molar-refractivity contribution in [3.63, 3.8) is 0 Å². The molecule has 1 spiro atoms. The Balaban J connectivity index is 1.40. The van der Waals surface area contributed by atoms with Gasteiger partial charge in [-0.15, -0.1) is 13.2 Å². The number of amides is 1. The number of alkyl halides is 3. The molecular weight excluding hydrogens is 469 g/mol. The van der Waals surface area contributed by atoms with Gasteiger partial charge in [-0.3, -0.25) is 10.0 Å². The van der Waals surface area contributed by atoms with Gasteiger partial charge in [-0.1, -0.05) is 0 Å². The first-order valence-electron chi connectivity index (χ1n) is 11.1. The van der Waals surface area contributed by atoms with Crippen LogP contribution in [0.2, 0.25) is 0 Å². The van der Waals surface area contributed by atoms with Crippen molar-refractivity contribution in [1.29, 1.82) is 0 Å². The molecule has 1 unspecified atom stereocenters. The van der Waals surface area contributed by atoms with E-state index >= 15 is 0 Å². The summed E-state index contributed by atoms with van der Waals surface area (Å²) in [6, 6.07) is 10.4. The standard InChI is InChI=1S/C24H25F3N2O6/c25-24(26,27)35-19-3-1-16(2-4-19)20(30)33-17-5-7-18(8-6-17)34-23(21(31)29-32)10-9-22(15-23)11-13-28-14-12-22/h1-8,28,32H,9-15H2,(H,29,31). The van der Waals surface area contributed by atoms with Crippen LogP contribution in [0.1, 0.15) is 42.5 Å². The van der Waals surface area contributed by atoms with Gasteiger partial charge in [-0.05, 0) is 92.7 Å². The minimum absolute atomic E-state index is 0.0199. The van der Waals surface area contributed by atoms with Crippen LogP contribution in [0.5, 0.6) is 17.2 Å². The molecule has 2 aliphatic rings. The maximum absolute atomic E-state index is 12.6. The lowest BCUT2D eigenvalue weighted by atomic mass is 9.76. The number of hydrogen-bond donors (Lipinski definition) is 3. The second kappa shape index (κ2) is 9.74. The smallest absolute Gasteiger partial charge is 0.477 e. The lowest BCUT2D eigenvalue weighted by molar-refractivity contribution is -0.274. The molecule has 1 amide bonds. The predicted molar refractivity (Wildman–Crippen MR) is 116 cm³/mol. The number of rotatable bonds is 6. The average Bonchev–Trinajstić information content (AvgIpc) is 3.18. The summed E-state index contributed by atoms with van der Waals surface area (Å²) in [5.41, 5.74) is 0.557. The Morgan fingerprint density at radius 1 is 0.886 bits per heavy atom. The van der Waals surface area contributed by atoms with Crippen molar-refractivity contribution in [3.05, 3.63) is 54.1 Å². The van der Waals surface area contributed by atoms with Gasteiger partial charge in [-0.2, -0.15) is 0 Å². The molecule has 11 heteroatoms. The van der Waals surface area contributed by atoms with Crippen molar-refractivity contribution in [3.8, 4) is 17.2 Å². The predicted octanol–water partition coefficient (Wildman–Crippen LogP) is 3.98. The molecule has 1 atom stereocenters. The maximum Gasteiger partial charge on any atom is 0.573 e. The fourth-order valence-corrected chi connectivity index (χ4v) is 4.82. The van der Waals surface area contributed by atoms with Crippen LogP contribution in [0, 0.1) is 5.41 Å². The minimum Gasteiger partial charge on any atom is -0.477 e. The molecule has 8 nitrogen and oxygen atoms in total. The molecule has 0 radical (unpaired) electrons. The zero-order valence-electron chi connectivity index (χ0n) is 18.7. The van der Waals surface area contributed by atoms with Crippen molar-refractivity contribution in [1.82, 2.24) is 10.8 Å². The number of piperidine rings is 1. The van der Waals surface area contributed by atoms with E-state index in [1.165, 1.54) is 12.1 Å². The molecule has 1 aliphatic heterocycles. The molecule has 2 fully saturated rings. The Labute approximate surface area is 199 Å². The highest BCUT2D eigenvalue weighted by molar-refractivity contribution is 5.91. The highest BCUT2D eigenvalue weighted by atomic mass is 19.4. The highest BCUT2D eigenvalue weighted by Gasteiger charge is 2.54. The van der Waals surface area contributed by atoms with E-state index < -0.39 is 29.6 Å². The number of carbonyl (C=O) groups excluding carboxylic acids is 2. The molecule has 4 rings (SSSR count). The third kappa shape index (κ3) is 5.85. The Kier molecular flexibility index (Phi) is 6.91. The summed E-state index contributed by atoms with van der Waals surface area (Å²) in [5.74, 6) is -1.26. The van der Waals surface area contributed by atoms with E-state index in [1.807, 2.05) is 0 Å². The van der Waals surface area contributed by atoms with E-state index in [2.05, 4.69) is 10.1 Å². The quantitative estimate of drug-likeness (QED) is 0.241. The molecule has 2 aromatic rings. The SMILES string of the molecule is O=C(Oc1ccc(OC2(C(=O)NO)CCC3(CCNCC3)C2)cc1)c1ccc(OC(F)(F)F)cc1. The Morgan fingerprint density at radius 2 is 1.49 bits per heavy atom. The summed E-state index contributed by atoms with van der Waals surface area (Å²) in [6.07, 6.45) is -1.22. The fourth-order valence-electron chi connectivity index (χ4n) is 4.82. The van der Waals surface area contributed by atoms with E-state index in [-0.39, 0.29) is 16.7 Å². The third-order valence-corrected chi connectivity index (χ3v) is 6.57. The van der Waals surface area contributed by atoms with Crippen LogP contribution in [0.25, 0.3) is 0 Å². The number of ether oxygens (including phenoxy) is 3. The Bertz CT molecular complexity index is 1050. The molecule has 3 N–H and O–H groups in total. The number of nitrogens with one attached hydrogen (secondary N) is 2. The van der Waals surface area contributed by atoms with Gasteiger partial charge in [0.1, 0.15) is 17.2 Å². The van der Waals surface area contributed by atoms with Gasteiger partial charge in [0.25, 0.3) is 5.91 Å². The molecule has 188 valence electrons. The van der Waals surface area contributed by atoms with Crippen molar-refractivity contribution in [2.75, 3.05) is 13.1 Å². The summed E-state index contributed by atoms with van der Waals surface area (Å²) < 4.78 is 52.0. The van der Waals surface area contributed by atoms with Crippen molar-refractivity contribution in [2.24, 2.45) is 5.41 Å². The second-order valence-corrected chi connectivity index (χ2v) is 8.90. The normalized spacial score (nSPS) is 21.4. The van der Waals surface area contributed by atoms with Gasteiger partial charge in [0.05, 0.1) is 5.56 Å². The zero-order valence-corrected chi connectivity index (χ0v) is 18.7. The largest absolute Gasteiger partial charge is 0.573 e. The number of esters is 1. The maximum atomic E-state index is 12.6. The second-order valence-electron chi connectivity index (χ2n) is 8.90. The van der Waals surface area contributed by atoms with Crippen molar-refractivity contribution >= 4 is 11.9 Å². The molecule has 1 saturated carbocycles. The molecule has 2 aromatic carbocycles. The van der Waals surface area contributed by atoms with E-state index in [0.717, 1.165) is 56.6 Å². The number of hydrogen-bond acceptors (Lipinski definition) is 7. The fraction of sp³-hybridized carbons (Fsp3) is 0.417. The minimum atomic E-state index is -4.82. The molecule has 1 saturated heterocycles. The van der Waals surface area contributed by atoms with Crippen LogP contribution < -0.4 is 25.0 Å². The van der Waals surface area contributed by atoms with Crippen LogP contribution in [-0.4, -0.2) is 42.1 Å². The first-order chi connectivity index (χ1) is 16.6. The van der Waals surface area contributed by atoms with E-state index in [9.17, 15) is 28.0 Å². The molecule has 0 aromatic heterocycles. The first-order valence-corrected chi connectivity index (χ1v) is 11.1. The lowest BCUT2D eigenvalue weighted by Gasteiger charge is -2.36. The number of carbonyl (C=O) groups is 2. The average molecular weight is 494 g/mol. The van der Waals surface area contributed by atoms with Crippen LogP contribution in [0.15, 0.2) is 48.5 Å². The van der Waals surface area contributed by atoms with E-state index in [0.29, 0.717) is 18.6 Å². The molecule has 35 heavy (non-hydrogen) atoms. The van der Waals surface area contributed by atoms with Crippen LogP contribution in [-0.2, 0) is 4.79 Å².